The molecule has 1 fully saturated rings. The minimum Gasteiger partial charge on any atom is -0.457 e. The van der Waals surface area contributed by atoms with E-state index in [4.69, 9.17) is 9.15 Å². The van der Waals surface area contributed by atoms with Crippen molar-refractivity contribution in [1.82, 2.24) is 4.90 Å². The van der Waals surface area contributed by atoms with Crippen molar-refractivity contribution in [2.75, 3.05) is 24.7 Å². The number of rotatable bonds is 5. The Morgan fingerprint density at radius 2 is 2.24 bits per heavy atom. The molecule has 1 unspecified atom stereocenters. The molecule has 1 saturated heterocycles. The first-order valence-corrected chi connectivity index (χ1v) is 8.45. The summed E-state index contributed by atoms with van der Waals surface area (Å²) in [7, 11) is -3.07. The van der Waals surface area contributed by atoms with E-state index < -0.39 is 28.3 Å². The third-order valence-corrected chi connectivity index (χ3v) is 5.11. The van der Waals surface area contributed by atoms with Gasteiger partial charge in [-0.05, 0) is 25.5 Å². The number of likely N-dealkylation sites (N-methyl/N-ethyl adjacent to an activating group) is 1. The Balaban J connectivity index is 1.90. The molecular weight excluding hydrogens is 298 g/mol. The first-order chi connectivity index (χ1) is 9.93. The van der Waals surface area contributed by atoms with Crippen LogP contribution in [0.25, 0.3) is 0 Å². The first kappa shape index (κ1) is 15.6. The predicted molar refractivity (Wildman–Crippen MR) is 73.4 cm³/mol. The van der Waals surface area contributed by atoms with Gasteiger partial charge in [-0.1, -0.05) is 0 Å². The van der Waals surface area contributed by atoms with Crippen LogP contribution in [0.15, 0.2) is 22.8 Å². The maximum Gasteiger partial charge on any atom is 0.374 e. The molecule has 1 amide bonds. The molecule has 0 aromatic carbocycles. The maximum atomic E-state index is 12.1. The number of amides is 1. The zero-order valence-corrected chi connectivity index (χ0v) is 12.5. The second-order valence-corrected chi connectivity index (χ2v) is 7.02. The molecule has 2 rings (SSSR count). The molecule has 1 aromatic heterocycles. The van der Waals surface area contributed by atoms with E-state index in [1.807, 2.05) is 0 Å². The highest BCUT2D eigenvalue weighted by molar-refractivity contribution is 7.91. The Kier molecular flexibility index (Phi) is 4.66. The number of hydrogen-bond donors (Lipinski definition) is 0. The molecule has 1 aliphatic heterocycles. The molecule has 8 heteroatoms. The highest BCUT2D eigenvalue weighted by atomic mass is 32.2. The van der Waals surface area contributed by atoms with Crippen LogP contribution in [0.4, 0.5) is 0 Å². The van der Waals surface area contributed by atoms with Crippen LogP contribution in [0.1, 0.15) is 23.9 Å². The van der Waals surface area contributed by atoms with E-state index in [-0.39, 0.29) is 23.3 Å². The normalized spacial score (nSPS) is 20.1. The topological polar surface area (TPSA) is 93.9 Å². The quantitative estimate of drug-likeness (QED) is 0.733. The molecule has 0 radical (unpaired) electrons. The molecule has 0 aliphatic carbocycles. The van der Waals surface area contributed by atoms with Gasteiger partial charge in [0.05, 0.1) is 17.8 Å². The van der Waals surface area contributed by atoms with Crippen molar-refractivity contribution < 1.29 is 27.2 Å². The van der Waals surface area contributed by atoms with E-state index in [0.29, 0.717) is 13.0 Å². The van der Waals surface area contributed by atoms with Crippen LogP contribution in [-0.2, 0) is 19.4 Å². The number of carbonyl (C=O) groups excluding carboxylic acids is 2. The Hall–Kier alpha value is -1.83. The van der Waals surface area contributed by atoms with Gasteiger partial charge in [0.1, 0.15) is 0 Å². The lowest BCUT2D eigenvalue weighted by atomic mass is 10.2. The number of esters is 1. The SMILES string of the molecule is CCN(C(=O)COC(=O)c1ccco1)C1CCS(=O)(=O)C1. The van der Waals surface area contributed by atoms with Gasteiger partial charge in [0, 0.05) is 12.6 Å². The second-order valence-electron chi connectivity index (χ2n) is 4.79. The summed E-state index contributed by atoms with van der Waals surface area (Å²) in [6.07, 6.45) is 1.76. The summed E-state index contributed by atoms with van der Waals surface area (Å²) in [4.78, 5) is 25.1. The molecule has 2 heterocycles. The lowest BCUT2D eigenvalue weighted by molar-refractivity contribution is -0.136. The van der Waals surface area contributed by atoms with Gasteiger partial charge in [0.2, 0.25) is 5.76 Å². The van der Waals surface area contributed by atoms with E-state index in [1.165, 1.54) is 17.2 Å². The van der Waals surface area contributed by atoms with Crippen molar-refractivity contribution >= 4 is 21.7 Å². The molecule has 21 heavy (non-hydrogen) atoms. The van der Waals surface area contributed by atoms with Crippen LogP contribution in [0.2, 0.25) is 0 Å². The largest absolute Gasteiger partial charge is 0.457 e. The van der Waals surface area contributed by atoms with Gasteiger partial charge in [-0.3, -0.25) is 4.79 Å². The molecular formula is C13H17NO6S. The fourth-order valence-corrected chi connectivity index (χ4v) is 4.07. The Labute approximate surface area is 122 Å². The highest BCUT2D eigenvalue weighted by Crippen LogP contribution is 2.18. The van der Waals surface area contributed by atoms with E-state index in [0.717, 1.165) is 0 Å². The molecule has 0 saturated carbocycles. The molecule has 1 aliphatic rings. The number of sulfone groups is 1. The van der Waals surface area contributed by atoms with Crippen molar-refractivity contribution in [2.45, 2.75) is 19.4 Å². The molecule has 1 atom stereocenters. The van der Waals surface area contributed by atoms with Crippen molar-refractivity contribution in [1.29, 1.82) is 0 Å². The Bertz CT molecular complexity index is 607. The zero-order chi connectivity index (χ0) is 15.5. The monoisotopic (exact) mass is 315 g/mol. The van der Waals surface area contributed by atoms with Gasteiger partial charge in [-0.15, -0.1) is 0 Å². The number of furan rings is 1. The number of carbonyl (C=O) groups is 2. The van der Waals surface area contributed by atoms with E-state index in [9.17, 15) is 18.0 Å². The van der Waals surface area contributed by atoms with E-state index in [2.05, 4.69) is 0 Å². The Morgan fingerprint density at radius 3 is 2.76 bits per heavy atom. The number of ether oxygens (including phenoxy) is 1. The number of hydrogen-bond acceptors (Lipinski definition) is 6. The highest BCUT2D eigenvalue weighted by Gasteiger charge is 2.34. The van der Waals surface area contributed by atoms with Crippen LogP contribution in [0.3, 0.4) is 0 Å². The van der Waals surface area contributed by atoms with E-state index >= 15 is 0 Å². The third kappa shape index (κ3) is 3.84. The van der Waals surface area contributed by atoms with Crippen molar-refractivity contribution in [3.63, 3.8) is 0 Å². The number of nitrogens with zero attached hydrogens (tertiary/aromatic N) is 1. The average Bonchev–Trinajstić information content (AvgIpc) is 3.06. The van der Waals surface area contributed by atoms with Gasteiger partial charge >= 0.3 is 5.97 Å². The maximum absolute atomic E-state index is 12.1. The standard InChI is InChI=1S/C13H17NO6S/c1-2-14(10-5-7-21(17,18)9-10)12(15)8-20-13(16)11-4-3-6-19-11/h3-4,6,10H,2,5,7-9H2,1H3. The minimum absolute atomic E-state index is 0.0225. The minimum atomic E-state index is -3.07. The van der Waals surface area contributed by atoms with Crippen molar-refractivity contribution in [3.8, 4) is 0 Å². The zero-order valence-electron chi connectivity index (χ0n) is 11.6. The van der Waals surface area contributed by atoms with Crippen LogP contribution in [0.5, 0.6) is 0 Å². The Morgan fingerprint density at radius 1 is 1.48 bits per heavy atom. The van der Waals surface area contributed by atoms with Gasteiger partial charge in [-0.2, -0.15) is 0 Å². The van der Waals surface area contributed by atoms with Crippen molar-refractivity contribution in [3.05, 3.63) is 24.2 Å². The van der Waals surface area contributed by atoms with Crippen LogP contribution >= 0.6 is 0 Å². The molecule has 0 spiro atoms. The van der Waals surface area contributed by atoms with Crippen LogP contribution < -0.4 is 0 Å². The predicted octanol–water partition coefficient (Wildman–Crippen LogP) is 0.472. The second kappa shape index (κ2) is 6.30. The molecule has 0 bridgehead atoms. The van der Waals surface area contributed by atoms with Gasteiger partial charge in [-0.25, -0.2) is 13.2 Å². The van der Waals surface area contributed by atoms with E-state index in [1.54, 1.807) is 13.0 Å². The fourth-order valence-electron chi connectivity index (χ4n) is 2.34. The summed E-state index contributed by atoms with van der Waals surface area (Å²) in [5.41, 5.74) is 0. The van der Waals surface area contributed by atoms with Gasteiger partial charge in [0.15, 0.2) is 16.4 Å². The molecule has 1 aromatic rings. The van der Waals surface area contributed by atoms with Crippen LogP contribution in [0, 0.1) is 0 Å². The summed E-state index contributed by atoms with van der Waals surface area (Å²) in [6.45, 7) is 1.71. The molecule has 0 N–H and O–H groups in total. The van der Waals surface area contributed by atoms with Gasteiger partial charge < -0.3 is 14.1 Å². The molecule has 7 nitrogen and oxygen atoms in total. The summed E-state index contributed by atoms with van der Waals surface area (Å²) in [6, 6.07) is 2.64. The molecule has 116 valence electrons. The first-order valence-electron chi connectivity index (χ1n) is 6.63. The van der Waals surface area contributed by atoms with Gasteiger partial charge in [0.25, 0.3) is 5.91 Å². The summed E-state index contributed by atoms with van der Waals surface area (Å²) in [5, 5.41) is 0. The fraction of sp³-hybridized carbons (Fsp3) is 0.538. The average molecular weight is 315 g/mol. The third-order valence-electron chi connectivity index (χ3n) is 3.36. The lowest BCUT2D eigenvalue weighted by Gasteiger charge is -2.26. The summed E-state index contributed by atoms with van der Waals surface area (Å²) in [5.74, 6) is -1.04. The lowest BCUT2D eigenvalue weighted by Crippen LogP contribution is -2.43. The summed E-state index contributed by atoms with van der Waals surface area (Å²) >= 11 is 0. The summed E-state index contributed by atoms with van der Waals surface area (Å²) < 4.78 is 32.7. The van der Waals surface area contributed by atoms with Crippen molar-refractivity contribution in [2.24, 2.45) is 0 Å². The van der Waals surface area contributed by atoms with Crippen LogP contribution in [-0.4, -0.2) is 55.9 Å². The smallest absolute Gasteiger partial charge is 0.374 e.